The van der Waals surface area contributed by atoms with E-state index in [-0.39, 0.29) is 0 Å². The van der Waals surface area contributed by atoms with Crippen LogP contribution in [0.4, 0.5) is 0 Å². The molecule has 0 nitrogen and oxygen atoms in total. The van der Waals surface area contributed by atoms with E-state index < -0.39 is 0 Å². The van der Waals surface area contributed by atoms with E-state index in [2.05, 4.69) is 22.0 Å². The Morgan fingerprint density at radius 2 is 1.31 bits per heavy atom. The molecule has 0 saturated carbocycles. The molecule has 0 aromatic carbocycles. The molecule has 76 valence electrons. The van der Waals surface area contributed by atoms with Gasteiger partial charge in [0.2, 0.25) is 0 Å². The van der Waals surface area contributed by atoms with Crippen molar-refractivity contribution < 1.29 is 0 Å². The first kappa shape index (κ1) is 11.3. The molecule has 0 saturated heterocycles. The third kappa shape index (κ3) is 6.31. The molecule has 0 heterocycles. The SMILES string of the molecule is Br/C1=C\CCCCCCCCCC1. The minimum absolute atomic E-state index is 1.26. The van der Waals surface area contributed by atoms with Crippen molar-refractivity contribution in [3.05, 3.63) is 10.6 Å². The van der Waals surface area contributed by atoms with Gasteiger partial charge in [-0.25, -0.2) is 0 Å². The fourth-order valence-electron chi connectivity index (χ4n) is 1.86. The summed E-state index contributed by atoms with van der Waals surface area (Å²) in [6, 6.07) is 0. The van der Waals surface area contributed by atoms with E-state index in [0.717, 1.165) is 0 Å². The van der Waals surface area contributed by atoms with Crippen LogP contribution in [0.15, 0.2) is 10.6 Å². The first-order valence-corrected chi connectivity index (χ1v) is 6.53. The van der Waals surface area contributed by atoms with Gasteiger partial charge in [-0.1, -0.05) is 60.5 Å². The summed E-state index contributed by atoms with van der Waals surface area (Å²) >= 11 is 3.64. The Balaban J connectivity index is 2.23. The monoisotopic (exact) mass is 244 g/mol. The summed E-state index contributed by atoms with van der Waals surface area (Å²) in [6.07, 6.45) is 16.3. The molecule has 0 aromatic heterocycles. The van der Waals surface area contributed by atoms with Crippen molar-refractivity contribution in [3.8, 4) is 0 Å². The molecule has 1 aliphatic rings. The normalized spacial score (nSPS) is 26.7. The molecule has 0 atom stereocenters. The molecule has 1 rings (SSSR count). The van der Waals surface area contributed by atoms with Gasteiger partial charge in [-0.15, -0.1) is 0 Å². The molecule has 0 aromatic rings. The predicted molar refractivity (Wildman–Crippen MR) is 63.2 cm³/mol. The number of halogens is 1. The van der Waals surface area contributed by atoms with Crippen LogP contribution >= 0.6 is 15.9 Å². The summed E-state index contributed by atoms with van der Waals surface area (Å²) in [4.78, 5) is 0. The van der Waals surface area contributed by atoms with E-state index >= 15 is 0 Å². The highest BCUT2D eigenvalue weighted by atomic mass is 79.9. The molecule has 0 fully saturated rings. The Labute approximate surface area is 90.9 Å². The summed E-state index contributed by atoms with van der Waals surface area (Å²) in [6.45, 7) is 0. The zero-order chi connectivity index (χ0) is 9.36. The van der Waals surface area contributed by atoms with E-state index in [9.17, 15) is 0 Å². The molecule has 0 spiro atoms. The maximum Gasteiger partial charge on any atom is -0.00892 e. The standard InChI is InChI=1S/C12H21Br/c13-12-10-8-6-4-2-1-3-5-7-9-11-12/h10H,1-9,11H2/b12-10-. The molecule has 0 bridgehead atoms. The zero-order valence-corrected chi connectivity index (χ0v) is 10.1. The van der Waals surface area contributed by atoms with Crippen molar-refractivity contribution >= 4 is 15.9 Å². The fraction of sp³-hybridized carbons (Fsp3) is 0.833. The third-order valence-electron chi connectivity index (χ3n) is 2.74. The Kier molecular flexibility index (Phi) is 6.61. The average molecular weight is 245 g/mol. The van der Waals surface area contributed by atoms with Crippen LogP contribution in [0, 0.1) is 0 Å². The summed E-state index contributed by atoms with van der Waals surface area (Å²) in [5, 5.41) is 0. The van der Waals surface area contributed by atoms with Crippen LogP contribution in [0.1, 0.15) is 64.2 Å². The van der Waals surface area contributed by atoms with Crippen molar-refractivity contribution in [2.45, 2.75) is 64.2 Å². The van der Waals surface area contributed by atoms with E-state index in [1.54, 1.807) is 0 Å². The van der Waals surface area contributed by atoms with Gasteiger partial charge in [0.15, 0.2) is 0 Å². The molecule has 1 heteroatoms. The van der Waals surface area contributed by atoms with Crippen molar-refractivity contribution in [1.29, 1.82) is 0 Å². The van der Waals surface area contributed by atoms with Gasteiger partial charge >= 0.3 is 0 Å². The van der Waals surface area contributed by atoms with Crippen LogP contribution in [0.3, 0.4) is 0 Å². The molecule has 13 heavy (non-hydrogen) atoms. The second-order valence-corrected chi connectivity index (χ2v) is 5.04. The molecular formula is C12H21Br. The van der Waals surface area contributed by atoms with Crippen LogP contribution in [-0.2, 0) is 0 Å². The summed E-state index contributed by atoms with van der Waals surface area (Å²) in [7, 11) is 0. The van der Waals surface area contributed by atoms with Crippen molar-refractivity contribution in [2.75, 3.05) is 0 Å². The molecule has 1 aliphatic carbocycles. The number of hydrogen-bond acceptors (Lipinski definition) is 0. The molecule has 0 amide bonds. The minimum Gasteiger partial charge on any atom is -0.0744 e. The predicted octanol–water partition coefficient (Wildman–Crippen LogP) is 5.18. The quantitative estimate of drug-likeness (QED) is 0.551. The molecule has 0 radical (unpaired) electrons. The number of rotatable bonds is 0. The van der Waals surface area contributed by atoms with Crippen molar-refractivity contribution in [3.63, 3.8) is 0 Å². The van der Waals surface area contributed by atoms with Gasteiger partial charge in [0.1, 0.15) is 0 Å². The van der Waals surface area contributed by atoms with E-state index in [1.807, 2.05) is 0 Å². The highest BCUT2D eigenvalue weighted by Crippen LogP contribution is 2.19. The van der Waals surface area contributed by atoms with Gasteiger partial charge in [0.05, 0.1) is 0 Å². The lowest BCUT2D eigenvalue weighted by molar-refractivity contribution is 0.566. The van der Waals surface area contributed by atoms with Crippen molar-refractivity contribution in [2.24, 2.45) is 0 Å². The fourth-order valence-corrected chi connectivity index (χ4v) is 2.37. The molecule has 0 N–H and O–H groups in total. The summed E-state index contributed by atoms with van der Waals surface area (Å²) in [5.74, 6) is 0. The molecule has 0 aliphatic heterocycles. The minimum atomic E-state index is 1.26. The average Bonchev–Trinajstić information content (AvgIpc) is 2.11. The third-order valence-corrected chi connectivity index (χ3v) is 3.46. The highest BCUT2D eigenvalue weighted by Gasteiger charge is 1.96. The van der Waals surface area contributed by atoms with Crippen LogP contribution in [0.2, 0.25) is 0 Å². The number of allylic oxidation sites excluding steroid dienone is 2. The second kappa shape index (κ2) is 7.61. The van der Waals surface area contributed by atoms with E-state index in [0.29, 0.717) is 0 Å². The maximum absolute atomic E-state index is 3.64. The van der Waals surface area contributed by atoms with E-state index in [1.165, 1.54) is 68.7 Å². The topological polar surface area (TPSA) is 0 Å². The summed E-state index contributed by atoms with van der Waals surface area (Å²) < 4.78 is 1.44. The van der Waals surface area contributed by atoms with Crippen LogP contribution in [0.5, 0.6) is 0 Å². The zero-order valence-electron chi connectivity index (χ0n) is 8.53. The molecular weight excluding hydrogens is 224 g/mol. The lowest BCUT2D eigenvalue weighted by Gasteiger charge is -2.04. The van der Waals surface area contributed by atoms with Crippen LogP contribution in [-0.4, -0.2) is 0 Å². The van der Waals surface area contributed by atoms with E-state index in [4.69, 9.17) is 0 Å². The van der Waals surface area contributed by atoms with Crippen LogP contribution < -0.4 is 0 Å². The number of hydrogen-bond donors (Lipinski definition) is 0. The molecule has 0 unspecified atom stereocenters. The Bertz CT molecular complexity index is 149. The Morgan fingerprint density at radius 3 is 2.00 bits per heavy atom. The largest absolute Gasteiger partial charge is 0.0744 e. The first-order chi connectivity index (χ1) is 6.39. The van der Waals surface area contributed by atoms with Gasteiger partial charge in [-0.05, 0) is 30.2 Å². The van der Waals surface area contributed by atoms with Gasteiger partial charge in [-0.2, -0.15) is 0 Å². The second-order valence-electron chi connectivity index (χ2n) is 4.02. The van der Waals surface area contributed by atoms with Crippen LogP contribution in [0.25, 0.3) is 0 Å². The van der Waals surface area contributed by atoms with Gasteiger partial charge in [-0.3, -0.25) is 0 Å². The Hall–Kier alpha value is 0.220. The van der Waals surface area contributed by atoms with Gasteiger partial charge in [0, 0.05) is 0 Å². The maximum atomic E-state index is 3.64. The first-order valence-electron chi connectivity index (χ1n) is 5.74. The van der Waals surface area contributed by atoms with Gasteiger partial charge in [0.25, 0.3) is 0 Å². The summed E-state index contributed by atoms with van der Waals surface area (Å²) in [5.41, 5.74) is 0. The van der Waals surface area contributed by atoms with Crippen molar-refractivity contribution in [1.82, 2.24) is 0 Å². The highest BCUT2D eigenvalue weighted by molar-refractivity contribution is 9.11. The lowest BCUT2D eigenvalue weighted by Crippen LogP contribution is -1.84. The lowest BCUT2D eigenvalue weighted by atomic mass is 10.0. The van der Waals surface area contributed by atoms with Gasteiger partial charge < -0.3 is 0 Å². The Morgan fingerprint density at radius 1 is 0.769 bits per heavy atom. The smallest absolute Gasteiger partial charge is 0.00892 e.